The van der Waals surface area contributed by atoms with Gasteiger partial charge in [0.2, 0.25) is 0 Å². The smallest absolute Gasteiger partial charge is 0.132 e. The maximum absolute atomic E-state index is 6.13. The van der Waals surface area contributed by atoms with Crippen LogP contribution >= 0.6 is 11.6 Å². The van der Waals surface area contributed by atoms with Crippen molar-refractivity contribution in [2.45, 2.75) is 20.4 Å². The zero-order valence-electron chi connectivity index (χ0n) is 9.03. The number of aryl methyl sites for hydroxylation is 3. The fourth-order valence-electron chi connectivity index (χ4n) is 1.57. The van der Waals surface area contributed by atoms with Gasteiger partial charge in [-0.15, -0.1) is 0 Å². The lowest BCUT2D eigenvalue weighted by Gasteiger charge is -2.00. The molecule has 2 rings (SSSR count). The van der Waals surface area contributed by atoms with Gasteiger partial charge in [0.1, 0.15) is 5.15 Å². The van der Waals surface area contributed by atoms with E-state index in [9.17, 15) is 0 Å². The number of nitrogens with zero attached hydrogens (tertiary/aromatic N) is 4. The molecule has 0 amide bonds. The highest BCUT2D eigenvalue weighted by molar-refractivity contribution is 6.30. The molecule has 2 aromatic heterocycles. The normalized spacial score (nSPS) is 10.9. The van der Waals surface area contributed by atoms with Crippen molar-refractivity contribution in [3.63, 3.8) is 0 Å². The SMILES string of the molecule is Cc1ccn(Cc2c(C)nn(C)c2Cl)n1. The molecule has 0 saturated carbocycles. The van der Waals surface area contributed by atoms with Gasteiger partial charge in [-0.05, 0) is 19.9 Å². The van der Waals surface area contributed by atoms with Crippen LogP contribution in [0.25, 0.3) is 0 Å². The highest BCUT2D eigenvalue weighted by Crippen LogP contribution is 2.19. The zero-order valence-corrected chi connectivity index (χ0v) is 9.78. The van der Waals surface area contributed by atoms with Crippen LogP contribution < -0.4 is 0 Å². The van der Waals surface area contributed by atoms with E-state index in [1.807, 2.05) is 37.8 Å². The second-order valence-electron chi connectivity index (χ2n) is 3.63. The first-order chi connectivity index (χ1) is 7.08. The van der Waals surface area contributed by atoms with Gasteiger partial charge < -0.3 is 0 Å². The van der Waals surface area contributed by atoms with Gasteiger partial charge in [-0.2, -0.15) is 10.2 Å². The Balaban J connectivity index is 2.31. The summed E-state index contributed by atoms with van der Waals surface area (Å²) in [6.45, 7) is 4.60. The van der Waals surface area contributed by atoms with Gasteiger partial charge >= 0.3 is 0 Å². The summed E-state index contributed by atoms with van der Waals surface area (Å²) in [7, 11) is 1.84. The van der Waals surface area contributed by atoms with Crippen LogP contribution in [0.2, 0.25) is 5.15 Å². The first kappa shape index (κ1) is 10.2. The van der Waals surface area contributed by atoms with E-state index < -0.39 is 0 Å². The Labute approximate surface area is 93.5 Å². The van der Waals surface area contributed by atoms with Crippen molar-refractivity contribution < 1.29 is 0 Å². The summed E-state index contributed by atoms with van der Waals surface area (Å²) in [6, 6.07) is 1.97. The first-order valence-corrected chi connectivity index (χ1v) is 5.13. The predicted octanol–water partition coefficient (Wildman–Crippen LogP) is 1.94. The molecule has 2 aromatic rings. The molecule has 4 nitrogen and oxygen atoms in total. The number of hydrogen-bond acceptors (Lipinski definition) is 2. The minimum atomic E-state index is 0.673. The van der Waals surface area contributed by atoms with Crippen molar-refractivity contribution >= 4 is 11.6 Å². The number of rotatable bonds is 2. The molecule has 0 aliphatic rings. The summed E-state index contributed by atoms with van der Waals surface area (Å²) in [4.78, 5) is 0. The molecular weight excluding hydrogens is 212 g/mol. The van der Waals surface area contributed by atoms with Crippen LogP contribution in [-0.2, 0) is 13.6 Å². The zero-order chi connectivity index (χ0) is 11.0. The molecule has 0 aromatic carbocycles. The number of halogens is 1. The Morgan fingerprint density at radius 3 is 2.53 bits per heavy atom. The lowest BCUT2D eigenvalue weighted by molar-refractivity contribution is 0.676. The van der Waals surface area contributed by atoms with Crippen molar-refractivity contribution in [1.29, 1.82) is 0 Å². The van der Waals surface area contributed by atoms with Gasteiger partial charge in [-0.3, -0.25) is 9.36 Å². The molecule has 0 atom stereocenters. The van der Waals surface area contributed by atoms with Crippen LogP contribution in [0.1, 0.15) is 17.0 Å². The van der Waals surface area contributed by atoms with E-state index in [0.717, 1.165) is 17.0 Å². The van der Waals surface area contributed by atoms with Crippen LogP contribution in [0.4, 0.5) is 0 Å². The second kappa shape index (κ2) is 3.70. The molecule has 80 valence electrons. The minimum Gasteiger partial charge on any atom is -0.268 e. The standard InChI is InChI=1S/C10H13ClN4/c1-7-4-5-15(12-7)6-9-8(2)13-14(3)10(9)11/h4-5H,6H2,1-3H3. The number of aromatic nitrogens is 4. The van der Waals surface area contributed by atoms with Crippen LogP contribution in [0.3, 0.4) is 0 Å². The van der Waals surface area contributed by atoms with Gasteiger partial charge in [-0.1, -0.05) is 11.6 Å². The summed E-state index contributed by atoms with van der Waals surface area (Å²) in [5, 5.41) is 9.26. The average molecular weight is 225 g/mol. The predicted molar refractivity (Wildman–Crippen MR) is 59.0 cm³/mol. The van der Waals surface area contributed by atoms with E-state index in [1.165, 1.54) is 0 Å². The molecule has 5 heteroatoms. The number of hydrogen-bond donors (Lipinski definition) is 0. The lowest BCUT2D eigenvalue weighted by Crippen LogP contribution is -2.01. The van der Waals surface area contributed by atoms with Gasteiger partial charge in [-0.25, -0.2) is 0 Å². The van der Waals surface area contributed by atoms with E-state index >= 15 is 0 Å². The van der Waals surface area contributed by atoms with Gasteiger partial charge in [0.05, 0.1) is 17.9 Å². The maximum Gasteiger partial charge on any atom is 0.132 e. The van der Waals surface area contributed by atoms with E-state index in [2.05, 4.69) is 10.2 Å². The fourth-order valence-corrected chi connectivity index (χ4v) is 1.80. The summed E-state index contributed by atoms with van der Waals surface area (Å²) >= 11 is 6.13. The molecule has 0 N–H and O–H groups in total. The highest BCUT2D eigenvalue weighted by Gasteiger charge is 2.11. The van der Waals surface area contributed by atoms with Crippen molar-refractivity contribution in [3.8, 4) is 0 Å². The highest BCUT2D eigenvalue weighted by atomic mass is 35.5. The monoisotopic (exact) mass is 224 g/mol. The van der Waals surface area contributed by atoms with Gasteiger partial charge in [0.15, 0.2) is 0 Å². The molecule has 0 spiro atoms. The van der Waals surface area contributed by atoms with Crippen LogP contribution in [0.5, 0.6) is 0 Å². The van der Waals surface area contributed by atoms with Crippen molar-refractivity contribution in [2.75, 3.05) is 0 Å². The molecule has 0 unspecified atom stereocenters. The van der Waals surface area contributed by atoms with Crippen LogP contribution in [0, 0.1) is 13.8 Å². The third-order valence-corrected chi connectivity index (χ3v) is 2.84. The maximum atomic E-state index is 6.13. The quantitative estimate of drug-likeness (QED) is 0.782. The van der Waals surface area contributed by atoms with E-state index in [-0.39, 0.29) is 0 Å². The topological polar surface area (TPSA) is 35.6 Å². The van der Waals surface area contributed by atoms with Crippen molar-refractivity contribution in [3.05, 3.63) is 34.4 Å². The van der Waals surface area contributed by atoms with E-state index in [4.69, 9.17) is 11.6 Å². The molecule has 0 bridgehead atoms. The summed E-state index contributed by atoms with van der Waals surface area (Å²) in [6.07, 6.45) is 1.94. The fraction of sp³-hybridized carbons (Fsp3) is 0.400. The second-order valence-corrected chi connectivity index (χ2v) is 3.99. The Kier molecular flexibility index (Phi) is 2.52. The van der Waals surface area contributed by atoms with Crippen LogP contribution in [0.15, 0.2) is 12.3 Å². The lowest BCUT2D eigenvalue weighted by atomic mass is 10.3. The summed E-state index contributed by atoms with van der Waals surface area (Å²) in [5.41, 5.74) is 2.99. The largest absolute Gasteiger partial charge is 0.268 e. The van der Waals surface area contributed by atoms with Gasteiger partial charge in [0, 0.05) is 18.8 Å². The first-order valence-electron chi connectivity index (χ1n) is 4.76. The molecule has 0 radical (unpaired) electrons. The molecule has 0 aliphatic carbocycles. The summed E-state index contributed by atoms with van der Waals surface area (Å²) < 4.78 is 3.55. The molecule has 0 fully saturated rings. The average Bonchev–Trinajstić information content (AvgIpc) is 2.67. The minimum absolute atomic E-state index is 0.673. The molecule has 0 aliphatic heterocycles. The Bertz CT molecular complexity index is 484. The Hall–Kier alpha value is -1.29. The molecule has 0 saturated heterocycles. The third-order valence-electron chi connectivity index (χ3n) is 2.36. The van der Waals surface area contributed by atoms with Gasteiger partial charge in [0.25, 0.3) is 0 Å². The Morgan fingerprint density at radius 2 is 2.07 bits per heavy atom. The molecular formula is C10H13ClN4. The van der Waals surface area contributed by atoms with Crippen molar-refractivity contribution in [1.82, 2.24) is 19.6 Å². The third kappa shape index (κ3) is 1.90. The Morgan fingerprint density at radius 1 is 1.33 bits per heavy atom. The van der Waals surface area contributed by atoms with E-state index in [1.54, 1.807) is 4.68 Å². The summed E-state index contributed by atoms with van der Waals surface area (Å²) in [5.74, 6) is 0. The van der Waals surface area contributed by atoms with Crippen molar-refractivity contribution in [2.24, 2.45) is 7.05 Å². The molecule has 15 heavy (non-hydrogen) atoms. The van der Waals surface area contributed by atoms with E-state index in [0.29, 0.717) is 11.7 Å². The van der Waals surface area contributed by atoms with Crippen LogP contribution in [-0.4, -0.2) is 19.6 Å². The molecule has 2 heterocycles.